The van der Waals surface area contributed by atoms with Gasteiger partial charge in [0, 0.05) is 43.9 Å². The van der Waals surface area contributed by atoms with Crippen molar-refractivity contribution in [1.29, 1.82) is 0 Å². The molecule has 10 nitrogen and oxygen atoms in total. The average Bonchev–Trinajstić information content (AvgIpc) is 3.69. The Morgan fingerprint density at radius 1 is 1.11 bits per heavy atom. The van der Waals surface area contributed by atoms with Crippen molar-refractivity contribution in [3.8, 4) is 11.5 Å². The summed E-state index contributed by atoms with van der Waals surface area (Å²) < 4.78 is 76.0. The van der Waals surface area contributed by atoms with Gasteiger partial charge in [0.25, 0.3) is 0 Å². The Hall–Kier alpha value is -1.94. The van der Waals surface area contributed by atoms with E-state index >= 15 is 0 Å². The van der Waals surface area contributed by atoms with Gasteiger partial charge in [0.15, 0.2) is 29.3 Å². The molecule has 1 aliphatic carbocycles. The van der Waals surface area contributed by atoms with Crippen LogP contribution < -0.4 is 14.5 Å². The van der Waals surface area contributed by atoms with Crippen LogP contribution in [0.4, 0.5) is 8.78 Å². The van der Waals surface area contributed by atoms with E-state index in [0.29, 0.717) is 72.3 Å². The number of rotatable bonds is 14. The highest BCUT2D eigenvalue weighted by atomic mass is 35.5. The molecule has 1 aromatic heterocycles. The SMILES string of the molecule is O=C(O[C@@H](Cc1c(Cl)c[nH+]cc1Cl)c1ccc(OC(F)F)c(OCC2CC2)c1)[C@@H]1SCCN1S(=O)(=O)CCN1CCOCC1. The van der Waals surface area contributed by atoms with Crippen molar-refractivity contribution in [2.24, 2.45) is 5.92 Å². The Labute approximate surface area is 269 Å². The first kappa shape index (κ1) is 33.4. The van der Waals surface area contributed by atoms with Gasteiger partial charge in [-0.15, -0.1) is 11.8 Å². The second kappa shape index (κ2) is 15.1. The summed E-state index contributed by atoms with van der Waals surface area (Å²) in [6.45, 7) is 0.155. The van der Waals surface area contributed by atoms with Crippen LogP contribution in [0.25, 0.3) is 0 Å². The first-order chi connectivity index (χ1) is 21.1. The number of hydrogen-bond donors (Lipinski definition) is 0. The number of pyridine rings is 1. The van der Waals surface area contributed by atoms with Gasteiger partial charge < -0.3 is 18.9 Å². The molecule has 0 amide bonds. The number of thioether (sulfide) groups is 1. The monoisotopic (exact) mass is 696 g/mol. The number of morpholine rings is 1. The predicted molar refractivity (Wildman–Crippen MR) is 161 cm³/mol. The second-order valence-corrected chi connectivity index (χ2v) is 14.7. The molecule has 16 heteroatoms. The largest absolute Gasteiger partial charge is 0.489 e. The highest BCUT2D eigenvalue weighted by Gasteiger charge is 2.41. The number of nitrogens with one attached hydrogen (secondary N) is 1. The van der Waals surface area contributed by atoms with Crippen molar-refractivity contribution < 1.29 is 45.9 Å². The van der Waals surface area contributed by atoms with E-state index in [1.807, 2.05) is 4.90 Å². The van der Waals surface area contributed by atoms with Crippen LogP contribution in [0.5, 0.6) is 11.5 Å². The van der Waals surface area contributed by atoms with Gasteiger partial charge in [-0.05, 0) is 36.5 Å². The van der Waals surface area contributed by atoms with Gasteiger partial charge in [-0.2, -0.15) is 13.1 Å². The molecule has 5 rings (SSSR count). The number of ether oxygens (including phenoxy) is 4. The number of sulfonamides is 1. The number of carbonyl (C=O) groups excluding carboxylic acids is 1. The van der Waals surface area contributed by atoms with Gasteiger partial charge in [-0.25, -0.2) is 18.2 Å². The first-order valence-electron chi connectivity index (χ1n) is 14.3. The summed E-state index contributed by atoms with van der Waals surface area (Å²) in [6.07, 6.45) is 4.04. The molecular weight excluding hydrogens is 663 g/mol. The van der Waals surface area contributed by atoms with Crippen LogP contribution in [0, 0.1) is 5.92 Å². The number of alkyl halides is 2. The molecule has 0 unspecified atom stereocenters. The first-order valence-corrected chi connectivity index (χ1v) is 17.7. The number of aromatic nitrogens is 1. The standard InChI is InChI=1S/C28H33Cl2F2N3O7S2/c29-21-15-33-16-22(30)20(21)14-24(19-3-4-23(42-28(31)32)25(13-19)40-17-18-1-2-18)41-27(36)26-35(7-11-43-26)44(37,38)12-8-34-5-9-39-10-6-34/h3-4,13,15-16,18,24,26,28H,1-2,5-12,14,17H2/p+1/t24-,26-/m0/s1. The summed E-state index contributed by atoms with van der Waals surface area (Å²) in [5.74, 6) is -0.206. The molecule has 3 fully saturated rings. The zero-order chi connectivity index (χ0) is 31.3. The lowest BCUT2D eigenvalue weighted by Crippen LogP contribution is -2.45. The fourth-order valence-electron chi connectivity index (χ4n) is 4.92. The van der Waals surface area contributed by atoms with Gasteiger partial charge in [0.2, 0.25) is 10.0 Å². The van der Waals surface area contributed by atoms with Crippen molar-refractivity contribution in [2.75, 3.05) is 57.5 Å². The Morgan fingerprint density at radius 3 is 2.52 bits per heavy atom. The van der Waals surface area contributed by atoms with Crippen molar-refractivity contribution in [2.45, 2.75) is 37.4 Å². The third-order valence-corrected chi connectivity index (χ3v) is 11.3. The summed E-state index contributed by atoms with van der Waals surface area (Å²) >= 11 is 14.0. The summed E-state index contributed by atoms with van der Waals surface area (Å²) in [5, 5.41) is -0.498. The fourth-order valence-corrected chi connectivity index (χ4v) is 8.60. The molecule has 0 bridgehead atoms. The molecule has 1 saturated carbocycles. The van der Waals surface area contributed by atoms with E-state index in [0.717, 1.165) is 12.8 Å². The molecule has 242 valence electrons. The van der Waals surface area contributed by atoms with Crippen molar-refractivity contribution in [3.63, 3.8) is 0 Å². The minimum atomic E-state index is -3.78. The maximum absolute atomic E-state index is 13.7. The van der Waals surface area contributed by atoms with Crippen LogP contribution in [0.15, 0.2) is 30.6 Å². The van der Waals surface area contributed by atoms with E-state index in [1.165, 1.54) is 46.7 Å². The minimum absolute atomic E-state index is 0.0242. The molecule has 0 radical (unpaired) electrons. The van der Waals surface area contributed by atoms with E-state index in [2.05, 4.69) is 9.72 Å². The highest BCUT2D eigenvalue weighted by molar-refractivity contribution is 8.02. The number of H-pyrrole nitrogens is 1. The molecule has 2 aliphatic heterocycles. The molecule has 1 aromatic carbocycles. The Bertz CT molecular complexity index is 1400. The zero-order valence-corrected chi connectivity index (χ0v) is 26.9. The van der Waals surface area contributed by atoms with Crippen LogP contribution in [-0.4, -0.2) is 93.1 Å². The van der Waals surface area contributed by atoms with E-state index in [9.17, 15) is 22.0 Å². The Kier molecular flexibility index (Phi) is 11.5. The molecule has 2 atom stereocenters. The lowest BCUT2D eigenvalue weighted by atomic mass is 10.0. The van der Waals surface area contributed by atoms with Gasteiger partial charge in [-0.1, -0.05) is 29.3 Å². The average molecular weight is 698 g/mol. The number of hydrogen-bond acceptors (Lipinski definition) is 9. The minimum Gasteiger partial charge on any atom is -0.489 e. The third-order valence-electron chi connectivity index (χ3n) is 7.55. The number of halogens is 4. The summed E-state index contributed by atoms with van der Waals surface area (Å²) in [5.41, 5.74) is 0.891. The second-order valence-electron chi connectivity index (χ2n) is 10.7. The number of nitrogens with zero attached hydrogens (tertiary/aromatic N) is 2. The number of aromatic amines is 1. The maximum Gasteiger partial charge on any atom is 0.387 e. The van der Waals surface area contributed by atoms with Crippen molar-refractivity contribution >= 4 is 51.0 Å². The summed E-state index contributed by atoms with van der Waals surface area (Å²) in [7, 11) is -3.78. The number of carbonyl (C=O) groups is 1. The van der Waals surface area contributed by atoms with Crippen molar-refractivity contribution in [1.82, 2.24) is 9.21 Å². The highest BCUT2D eigenvalue weighted by Crippen LogP contribution is 2.39. The number of benzene rings is 1. The lowest BCUT2D eigenvalue weighted by Gasteiger charge is -2.28. The zero-order valence-electron chi connectivity index (χ0n) is 23.8. The van der Waals surface area contributed by atoms with Crippen LogP contribution >= 0.6 is 35.0 Å². The molecule has 44 heavy (non-hydrogen) atoms. The molecule has 3 aliphatic rings. The fraction of sp³-hybridized carbons (Fsp3) is 0.571. The van der Waals surface area contributed by atoms with E-state index in [4.69, 9.17) is 37.4 Å². The molecule has 1 N–H and O–H groups in total. The molecule has 3 heterocycles. The van der Waals surface area contributed by atoms with E-state index in [-0.39, 0.29) is 30.2 Å². The van der Waals surface area contributed by atoms with E-state index in [1.54, 1.807) is 0 Å². The molecular formula is C28H34Cl2F2N3O7S2+. The normalized spacial score (nSPS) is 20.5. The van der Waals surface area contributed by atoms with Gasteiger partial charge in [0.05, 0.1) is 25.6 Å². The van der Waals surface area contributed by atoms with Crippen LogP contribution in [-0.2, 0) is 30.7 Å². The molecule has 2 aromatic rings. The smallest absolute Gasteiger partial charge is 0.387 e. The Balaban J connectivity index is 1.38. The quantitative estimate of drug-likeness (QED) is 0.270. The lowest BCUT2D eigenvalue weighted by molar-refractivity contribution is -0.377. The number of esters is 1. The van der Waals surface area contributed by atoms with Crippen molar-refractivity contribution in [3.05, 3.63) is 51.8 Å². The maximum atomic E-state index is 13.7. The third kappa shape index (κ3) is 8.86. The summed E-state index contributed by atoms with van der Waals surface area (Å²) in [4.78, 5) is 18.5. The van der Waals surface area contributed by atoms with Gasteiger partial charge in [-0.3, -0.25) is 4.90 Å². The van der Waals surface area contributed by atoms with Crippen LogP contribution in [0.2, 0.25) is 10.0 Å². The van der Waals surface area contributed by atoms with Gasteiger partial charge in [0.1, 0.15) is 16.1 Å². The topological polar surface area (TPSA) is 109 Å². The van der Waals surface area contributed by atoms with Crippen LogP contribution in [0.3, 0.4) is 0 Å². The summed E-state index contributed by atoms with van der Waals surface area (Å²) in [6, 6.07) is 4.32. The van der Waals surface area contributed by atoms with E-state index < -0.39 is 34.1 Å². The Morgan fingerprint density at radius 2 is 1.84 bits per heavy atom. The molecule has 0 spiro atoms. The van der Waals surface area contributed by atoms with Gasteiger partial charge >= 0.3 is 12.6 Å². The van der Waals surface area contributed by atoms with Crippen LogP contribution in [0.1, 0.15) is 30.1 Å². The predicted octanol–water partition coefficient (Wildman–Crippen LogP) is 4.06. The molecule has 2 saturated heterocycles.